The number of nitro benzene ring substituents is 1. The highest BCUT2D eigenvalue weighted by atomic mass is 19.1. The predicted molar refractivity (Wildman–Crippen MR) is 72.6 cm³/mol. The lowest BCUT2D eigenvalue weighted by Crippen LogP contribution is -1.94. The molecule has 0 aliphatic carbocycles. The van der Waals surface area contributed by atoms with E-state index in [0.717, 1.165) is 0 Å². The van der Waals surface area contributed by atoms with Crippen LogP contribution in [0.5, 0.6) is 0 Å². The summed E-state index contributed by atoms with van der Waals surface area (Å²) in [5, 5.41) is 10.8. The van der Waals surface area contributed by atoms with Crippen LogP contribution in [0.3, 0.4) is 0 Å². The van der Waals surface area contributed by atoms with Crippen LogP contribution in [0.25, 0.3) is 22.4 Å². The molecule has 0 spiro atoms. The third kappa shape index (κ3) is 1.95. The van der Waals surface area contributed by atoms with Gasteiger partial charge in [0.05, 0.1) is 16.0 Å². The Morgan fingerprint density at radius 3 is 2.80 bits per heavy atom. The molecule has 3 aromatic rings. The van der Waals surface area contributed by atoms with Gasteiger partial charge in [0.2, 0.25) is 0 Å². The minimum Gasteiger partial charge on any atom is -0.398 e. The van der Waals surface area contributed by atoms with E-state index in [0.29, 0.717) is 28.1 Å². The Bertz CT molecular complexity index is 828. The molecule has 100 valence electrons. The van der Waals surface area contributed by atoms with E-state index in [1.54, 1.807) is 0 Å². The molecule has 0 saturated carbocycles. The summed E-state index contributed by atoms with van der Waals surface area (Å²) in [5.41, 5.74) is 7.57. The molecule has 3 rings (SSSR count). The Labute approximate surface area is 112 Å². The van der Waals surface area contributed by atoms with Gasteiger partial charge in [-0.05, 0) is 24.3 Å². The fraction of sp³-hybridized carbons (Fsp3) is 0. The van der Waals surface area contributed by atoms with Gasteiger partial charge >= 0.3 is 0 Å². The third-order valence-corrected chi connectivity index (χ3v) is 2.95. The number of nitrogens with one attached hydrogen (secondary N) is 1. The van der Waals surface area contributed by atoms with E-state index in [2.05, 4.69) is 9.97 Å². The molecule has 0 aliphatic heterocycles. The average Bonchev–Trinajstić information content (AvgIpc) is 2.81. The lowest BCUT2D eigenvalue weighted by Gasteiger charge is -2.01. The summed E-state index contributed by atoms with van der Waals surface area (Å²) in [6.07, 6.45) is 0. The Morgan fingerprint density at radius 2 is 2.05 bits per heavy atom. The summed E-state index contributed by atoms with van der Waals surface area (Å²) in [6, 6.07) is 8.23. The fourth-order valence-electron chi connectivity index (χ4n) is 1.97. The second-order valence-electron chi connectivity index (χ2n) is 4.28. The fourth-order valence-corrected chi connectivity index (χ4v) is 1.97. The summed E-state index contributed by atoms with van der Waals surface area (Å²) in [5.74, 6) is -0.0217. The largest absolute Gasteiger partial charge is 0.398 e. The Hall–Kier alpha value is -2.96. The van der Waals surface area contributed by atoms with Gasteiger partial charge in [-0.15, -0.1) is 0 Å². The smallest absolute Gasteiger partial charge is 0.270 e. The van der Waals surface area contributed by atoms with Crippen molar-refractivity contribution >= 4 is 22.4 Å². The first kappa shape index (κ1) is 12.1. The number of halogens is 1. The second-order valence-corrected chi connectivity index (χ2v) is 4.28. The molecule has 1 heterocycles. The number of non-ortho nitro benzene ring substituents is 1. The zero-order chi connectivity index (χ0) is 14.3. The number of rotatable bonds is 2. The van der Waals surface area contributed by atoms with Crippen LogP contribution in [-0.2, 0) is 0 Å². The monoisotopic (exact) mass is 272 g/mol. The molecule has 6 nitrogen and oxygen atoms in total. The van der Waals surface area contributed by atoms with Crippen LogP contribution in [0.2, 0.25) is 0 Å². The predicted octanol–water partition coefficient (Wildman–Crippen LogP) is 2.86. The zero-order valence-corrected chi connectivity index (χ0v) is 10.1. The molecule has 0 radical (unpaired) electrons. The molecule has 7 heteroatoms. The minimum atomic E-state index is -0.509. The topological polar surface area (TPSA) is 97.8 Å². The number of H-pyrrole nitrogens is 1. The summed E-state index contributed by atoms with van der Waals surface area (Å²) in [4.78, 5) is 17.5. The van der Waals surface area contributed by atoms with Gasteiger partial charge in [0.15, 0.2) is 0 Å². The number of hydrogen-bond donors (Lipinski definition) is 2. The number of nitro groups is 1. The van der Waals surface area contributed by atoms with Crippen molar-refractivity contribution in [2.75, 3.05) is 5.73 Å². The molecule has 0 atom stereocenters. The van der Waals surface area contributed by atoms with E-state index in [1.807, 2.05) is 0 Å². The van der Waals surface area contributed by atoms with Crippen LogP contribution in [0.15, 0.2) is 36.4 Å². The first-order valence-electron chi connectivity index (χ1n) is 5.74. The number of imidazole rings is 1. The first-order valence-corrected chi connectivity index (χ1v) is 5.74. The van der Waals surface area contributed by atoms with Crippen molar-refractivity contribution in [2.45, 2.75) is 0 Å². The van der Waals surface area contributed by atoms with Crippen molar-refractivity contribution in [3.63, 3.8) is 0 Å². The summed E-state index contributed by atoms with van der Waals surface area (Å²) < 4.78 is 13.1. The van der Waals surface area contributed by atoms with Gasteiger partial charge in [0.1, 0.15) is 11.6 Å². The Morgan fingerprint density at radius 1 is 1.25 bits per heavy atom. The van der Waals surface area contributed by atoms with Crippen LogP contribution in [0.1, 0.15) is 0 Å². The molecule has 0 fully saturated rings. The zero-order valence-electron chi connectivity index (χ0n) is 10.1. The highest BCUT2D eigenvalue weighted by molar-refractivity contribution is 5.83. The molecule has 0 bridgehead atoms. The number of nitrogen functional groups attached to an aromatic ring is 1. The van der Waals surface area contributed by atoms with Gasteiger partial charge in [0, 0.05) is 23.4 Å². The maximum absolute atomic E-state index is 13.1. The van der Waals surface area contributed by atoms with E-state index in [1.165, 1.54) is 36.4 Å². The molecule has 2 aromatic carbocycles. The highest BCUT2D eigenvalue weighted by Gasteiger charge is 2.14. The van der Waals surface area contributed by atoms with Gasteiger partial charge in [-0.3, -0.25) is 10.1 Å². The van der Waals surface area contributed by atoms with Crippen molar-refractivity contribution < 1.29 is 9.31 Å². The molecular formula is C13H9FN4O2. The van der Waals surface area contributed by atoms with Gasteiger partial charge in [0.25, 0.3) is 5.69 Å². The van der Waals surface area contributed by atoms with Crippen LogP contribution >= 0.6 is 0 Å². The molecule has 20 heavy (non-hydrogen) atoms. The highest BCUT2D eigenvalue weighted by Crippen LogP contribution is 2.29. The van der Waals surface area contributed by atoms with Crippen LogP contribution in [-0.4, -0.2) is 14.9 Å². The van der Waals surface area contributed by atoms with Crippen molar-refractivity contribution in [3.05, 3.63) is 52.3 Å². The Balaban J connectivity index is 2.19. The van der Waals surface area contributed by atoms with E-state index in [4.69, 9.17) is 5.73 Å². The van der Waals surface area contributed by atoms with Crippen molar-refractivity contribution in [2.24, 2.45) is 0 Å². The SMILES string of the molecule is Nc1ccc([N+](=O)[O-])cc1-c1nc2ccc(F)cc2[nH]1. The van der Waals surface area contributed by atoms with Gasteiger partial charge in [-0.2, -0.15) is 0 Å². The molecule has 0 unspecified atom stereocenters. The second kappa shape index (κ2) is 4.30. The van der Waals surface area contributed by atoms with Crippen molar-refractivity contribution in [3.8, 4) is 11.4 Å². The van der Waals surface area contributed by atoms with Crippen molar-refractivity contribution in [1.82, 2.24) is 9.97 Å². The standard InChI is InChI=1S/C13H9FN4O2/c14-7-1-4-11-12(5-7)17-13(16-11)9-6-8(18(19)20)2-3-10(9)15/h1-6H,15H2,(H,16,17). The molecule has 0 aliphatic rings. The van der Waals surface area contributed by atoms with Crippen LogP contribution in [0.4, 0.5) is 15.8 Å². The molecule has 3 N–H and O–H groups in total. The number of nitrogens with two attached hydrogens (primary N) is 1. The number of aromatic amines is 1. The first-order chi connectivity index (χ1) is 9.54. The lowest BCUT2D eigenvalue weighted by atomic mass is 10.1. The maximum atomic E-state index is 13.1. The number of aromatic nitrogens is 2. The number of fused-ring (bicyclic) bond motifs is 1. The Kier molecular flexibility index (Phi) is 2.60. The molecule has 0 saturated heterocycles. The van der Waals surface area contributed by atoms with Crippen LogP contribution < -0.4 is 5.73 Å². The average molecular weight is 272 g/mol. The van der Waals surface area contributed by atoms with E-state index in [-0.39, 0.29) is 11.5 Å². The summed E-state index contributed by atoms with van der Waals surface area (Å²) >= 11 is 0. The van der Waals surface area contributed by atoms with E-state index < -0.39 is 4.92 Å². The lowest BCUT2D eigenvalue weighted by molar-refractivity contribution is -0.384. The van der Waals surface area contributed by atoms with Gasteiger partial charge < -0.3 is 10.7 Å². The minimum absolute atomic E-state index is 0.0826. The molecule has 0 amide bonds. The maximum Gasteiger partial charge on any atom is 0.270 e. The third-order valence-electron chi connectivity index (χ3n) is 2.95. The number of hydrogen-bond acceptors (Lipinski definition) is 4. The molecular weight excluding hydrogens is 263 g/mol. The van der Waals surface area contributed by atoms with Gasteiger partial charge in [-0.1, -0.05) is 0 Å². The van der Waals surface area contributed by atoms with Crippen molar-refractivity contribution in [1.29, 1.82) is 0 Å². The van der Waals surface area contributed by atoms with Gasteiger partial charge in [-0.25, -0.2) is 9.37 Å². The quantitative estimate of drug-likeness (QED) is 0.425. The van der Waals surface area contributed by atoms with E-state index >= 15 is 0 Å². The summed E-state index contributed by atoms with van der Waals surface area (Å²) in [7, 11) is 0. The number of anilines is 1. The molecule has 1 aromatic heterocycles. The number of nitrogens with zero attached hydrogens (tertiary/aromatic N) is 2. The normalized spacial score (nSPS) is 10.8. The van der Waals surface area contributed by atoms with Crippen LogP contribution in [0, 0.1) is 15.9 Å². The number of benzene rings is 2. The van der Waals surface area contributed by atoms with E-state index in [9.17, 15) is 14.5 Å². The summed E-state index contributed by atoms with van der Waals surface area (Å²) in [6.45, 7) is 0.